The van der Waals surface area contributed by atoms with Crippen molar-refractivity contribution in [1.29, 1.82) is 0 Å². The summed E-state index contributed by atoms with van der Waals surface area (Å²) in [6.07, 6.45) is 2.16. The van der Waals surface area contributed by atoms with Gasteiger partial charge in [-0.1, -0.05) is 20.8 Å². The third-order valence-electron chi connectivity index (χ3n) is 4.67. The van der Waals surface area contributed by atoms with Gasteiger partial charge in [0, 0.05) is 0 Å². The molecule has 0 saturated heterocycles. The van der Waals surface area contributed by atoms with Crippen molar-refractivity contribution in [3.63, 3.8) is 0 Å². The van der Waals surface area contributed by atoms with Crippen molar-refractivity contribution in [1.82, 2.24) is 0 Å². The van der Waals surface area contributed by atoms with Crippen LogP contribution in [-0.2, 0) is 4.79 Å². The van der Waals surface area contributed by atoms with E-state index in [-0.39, 0.29) is 5.92 Å². The van der Waals surface area contributed by atoms with E-state index < -0.39 is 5.97 Å². The van der Waals surface area contributed by atoms with Crippen molar-refractivity contribution in [3.8, 4) is 0 Å². The Bertz CT molecular complexity index is 244. The lowest BCUT2D eigenvalue weighted by Gasteiger charge is -2.61. The van der Waals surface area contributed by atoms with Gasteiger partial charge < -0.3 is 5.11 Å². The summed E-state index contributed by atoms with van der Waals surface area (Å²) in [6, 6.07) is 0. The molecule has 0 aliphatic heterocycles. The van der Waals surface area contributed by atoms with E-state index in [4.69, 9.17) is 5.11 Å². The van der Waals surface area contributed by atoms with E-state index in [1.165, 1.54) is 6.42 Å². The molecule has 2 nitrogen and oxygen atoms in total. The van der Waals surface area contributed by atoms with Crippen LogP contribution >= 0.6 is 0 Å². The van der Waals surface area contributed by atoms with Crippen LogP contribution in [0.5, 0.6) is 0 Å². The summed E-state index contributed by atoms with van der Waals surface area (Å²) in [5.74, 6) is 1.02. The molecule has 13 heavy (non-hydrogen) atoms. The second-order valence-electron chi connectivity index (χ2n) is 5.40. The van der Waals surface area contributed by atoms with Crippen molar-refractivity contribution < 1.29 is 9.90 Å². The van der Waals surface area contributed by atoms with Crippen LogP contribution in [0, 0.1) is 29.1 Å². The van der Waals surface area contributed by atoms with Gasteiger partial charge in [-0.3, -0.25) is 4.79 Å². The van der Waals surface area contributed by atoms with E-state index in [9.17, 15) is 4.79 Å². The highest BCUT2D eigenvalue weighted by Gasteiger charge is 2.57. The number of carboxylic acids is 1. The van der Waals surface area contributed by atoms with E-state index in [0.717, 1.165) is 6.42 Å². The molecule has 0 spiro atoms. The zero-order valence-corrected chi connectivity index (χ0v) is 8.58. The first kappa shape index (κ1) is 9.04. The fraction of sp³-hybridized carbons (Fsp3) is 0.909. The zero-order valence-electron chi connectivity index (χ0n) is 8.58. The van der Waals surface area contributed by atoms with Crippen molar-refractivity contribution in [2.45, 2.75) is 33.6 Å². The second-order valence-corrected chi connectivity index (χ2v) is 5.40. The van der Waals surface area contributed by atoms with Gasteiger partial charge in [-0.25, -0.2) is 0 Å². The summed E-state index contributed by atoms with van der Waals surface area (Å²) in [6.45, 7) is 6.70. The SMILES string of the molecule is C[C@H]1[C@H]2C[C@H](C[C@H]1C(=O)O)C2(C)C. The van der Waals surface area contributed by atoms with E-state index >= 15 is 0 Å². The highest BCUT2D eigenvalue weighted by atomic mass is 16.4. The molecule has 0 aromatic heterocycles. The smallest absolute Gasteiger partial charge is 0.306 e. The van der Waals surface area contributed by atoms with Crippen LogP contribution in [0.25, 0.3) is 0 Å². The van der Waals surface area contributed by atoms with Crippen LogP contribution in [0.2, 0.25) is 0 Å². The normalized spacial score (nSPS) is 46.7. The lowest BCUT2D eigenvalue weighted by molar-refractivity contribution is -0.167. The molecular weight excluding hydrogens is 164 g/mol. The van der Waals surface area contributed by atoms with Crippen LogP contribution in [0.4, 0.5) is 0 Å². The lowest BCUT2D eigenvalue weighted by atomic mass is 9.43. The maximum atomic E-state index is 10.9. The molecule has 0 unspecified atom stereocenters. The molecule has 4 atom stereocenters. The van der Waals surface area contributed by atoms with Crippen LogP contribution in [0.3, 0.4) is 0 Å². The summed E-state index contributed by atoms with van der Waals surface area (Å²) in [5, 5.41) is 9.02. The van der Waals surface area contributed by atoms with Crippen molar-refractivity contribution in [2.24, 2.45) is 29.1 Å². The molecule has 0 aromatic carbocycles. The first-order valence-corrected chi connectivity index (χ1v) is 5.17. The molecule has 3 rings (SSSR count). The van der Waals surface area contributed by atoms with Crippen LogP contribution < -0.4 is 0 Å². The fourth-order valence-corrected chi connectivity index (χ4v) is 3.48. The third kappa shape index (κ3) is 1.04. The Hall–Kier alpha value is -0.530. The second kappa shape index (κ2) is 2.49. The highest BCUT2D eigenvalue weighted by molar-refractivity contribution is 5.70. The Balaban J connectivity index is 2.16. The molecule has 1 N–H and O–H groups in total. The molecule has 74 valence electrons. The van der Waals surface area contributed by atoms with Crippen LogP contribution in [-0.4, -0.2) is 11.1 Å². The van der Waals surface area contributed by atoms with Crippen molar-refractivity contribution >= 4 is 5.97 Å². The molecule has 3 saturated carbocycles. The summed E-state index contributed by atoms with van der Waals surface area (Å²) < 4.78 is 0. The molecule has 3 fully saturated rings. The minimum absolute atomic E-state index is 0.0724. The molecule has 3 aliphatic rings. The van der Waals surface area contributed by atoms with Gasteiger partial charge in [-0.2, -0.15) is 0 Å². The fourth-order valence-electron chi connectivity index (χ4n) is 3.48. The van der Waals surface area contributed by atoms with E-state index in [0.29, 0.717) is 23.2 Å². The molecule has 0 amide bonds. The summed E-state index contributed by atoms with van der Waals surface area (Å²) in [5.41, 5.74) is 0.408. The van der Waals surface area contributed by atoms with Gasteiger partial charge in [0.2, 0.25) is 0 Å². The average molecular weight is 182 g/mol. The Kier molecular flexibility index (Phi) is 1.73. The molecule has 0 aromatic rings. The standard InChI is InChI=1S/C11H18O2/c1-6-8(10(12)13)4-7-5-9(6)11(7,2)3/h6-9H,4-5H2,1-3H3,(H,12,13)/t6-,7+,8-,9-/m1/s1. The van der Waals surface area contributed by atoms with Gasteiger partial charge in [0.25, 0.3) is 0 Å². The Labute approximate surface area is 79.3 Å². The van der Waals surface area contributed by atoms with Gasteiger partial charge in [0.05, 0.1) is 5.92 Å². The largest absolute Gasteiger partial charge is 0.481 e. The first-order valence-electron chi connectivity index (χ1n) is 5.17. The number of hydrogen-bond acceptors (Lipinski definition) is 1. The number of fused-ring (bicyclic) bond motifs is 2. The predicted molar refractivity (Wildman–Crippen MR) is 50.3 cm³/mol. The monoisotopic (exact) mass is 182 g/mol. The minimum atomic E-state index is -0.585. The molecule has 2 bridgehead atoms. The van der Waals surface area contributed by atoms with Gasteiger partial charge in [0.15, 0.2) is 0 Å². The predicted octanol–water partition coefficient (Wildman–Crippen LogP) is 2.39. The quantitative estimate of drug-likeness (QED) is 0.676. The van der Waals surface area contributed by atoms with Crippen molar-refractivity contribution in [3.05, 3.63) is 0 Å². The van der Waals surface area contributed by atoms with E-state index in [1.807, 2.05) is 0 Å². The Morgan fingerprint density at radius 1 is 1.38 bits per heavy atom. The summed E-state index contributed by atoms with van der Waals surface area (Å²) in [4.78, 5) is 10.9. The summed E-state index contributed by atoms with van der Waals surface area (Å²) >= 11 is 0. The number of hydrogen-bond donors (Lipinski definition) is 1. The number of carbonyl (C=O) groups is 1. The van der Waals surface area contributed by atoms with Gasteiger partial charge in [-0.05, 0) is 36.0 Å². The maximum absolute atomic E-state index is 10.9. The van der Waals surface area contributed by atoms with Crippen molar-refractivity contribution in [2.75, 3.05) is 0 Å². The van der Waals surface area contributed by atoms with Gasteiger partial charge >= 0.3 is 5.97 Å². The van der Waals surface area contributed by atoms with Gasteiger partial charge in [-0.15, -0.1) is 0 Å². The Morgan fingerprint density at radius 3 is 2.38 bits per heavy atom. The van der Waals surface area contributed by atoms with Crippen LogP contribution in [0.1, 0.15) is 33.6 Å². The zero-order chi connectivity index (χ0) is 9.80. The topological polar surface area (TPSA) is 37.3 Å². The average Bonchev–Trinajstić information content (AvgIpc) is 2.02. The van der Waals surface area contributed by atoms with E-state index in [2.05, 4.69) is 20.8 Å². The van der Waals surface area contributed by atoms with Crippen LogP contribution in [0.15, 0.2) is 0 Å². The highest BCUT2D eigenvalue weighted by Crippen LogP contribution is 2.62. The lowest BCUT2D eigenvalue weighted by Crippen LogP contribution is -2.56. The van der Waals surface area contributed by atoms with Gasteiger partial charge in [0.1, 0.15) is 0 Å². The number of rotatable bonds is 1. The number of carboxylic acid groups (broad SMARTS) is 1. The third-order valence-corrected chi connectivity index (χ3v) is 4.67. The van der Waals surface area contributed by atoms with E-state index in [1.54, 1.807) is 0 Å². The Morgan fingerprint density at radius 2 is 2.00 bits per heavy atom. The maximum Gasteiger partial charge on any atom is 0.306 e. The summed E-state index contributed by atoms with van der Waals surface area (Å²) in [7, 11) is 0. The molecule has 3 aliphatic carbocycles. The molecule has 0 heterocycles. The molecular formula is C11H18O2. The first-order chi connectivity index (χ1) is 5.94. The molecule has 0 radical (unpaired) electrons. The molecule has 2 heteroatoms. The number of aliphatic carboxylic acids is 1. The minimum Gasteiger partial charge on any atom is -0.481 e.